The molecule has 0 aliphatic carbocycles. The quantitative estimate of drug-likeness (QED) is 0.261. The Morgan fingerprint density at radius 2 is 1.88 bits per heavy atom. The second-order valence-corrected chi connectivity index (χ2v) is 7.40. The minimum Gasteiger partial charge on any atom is -0.381 e. The Hall–Kier alpha value is -1.35. The summed E-state index contributed by atoms with van der Waals surface area (Å²) in [7, 11) is 1.63. The van der Waals surface area contributed by atoms with Crippen molar-refractivity contribution in [3.05, 3.63) is 35.4 Å². The van der Waals surface area contributed by atoms with Crippen LogP contribution in [0.2, 0.25) is 0 Å². The topological polar surface area (TPSA) is 90.5 Å². The van der Waals surface area contributed by atoms with Crippen LogP contribution in [0, 0.1) is 6.92 Å². The highest BCUT2D eigenvalue weighted by molar-refractivity contribution is 7.80. The van der Waals surface area contributed by atoms with Gasteiger partial charge >= 0.3 is 0 Å². The first kappa shape index (κ1) is 22.7. The van der Waals surface area contributed by atoms with Gasteiger partial charge < -0.3 is 10.6 Å². The molecule has 1 aromatic rings. The van der Waals surface area contributed by atoms with Crippen molar-refractivity contribution < 1.29 is 13.6 Å². The minimum atomic E-state index is -2.35. The molecule has 0 aliphatic rings. The fraction of sp³-hybridized carbons (Fsp3) is 0.556. The maximum atomic E-state index is 12.5. The molecule has 0 radical (unpaired) electrons. The summed E-state index contributed by atoms with van der Waals surface area (Å²) >= 11 is 3.06. The second kappa shape index (κ2) is 11.4. The number of carbonyl (C=O) groups excluding carboxylic acids is 1. The zero-order chi connectivity index (χ0) is 19.6. The molecule has 0 saturated heterocycles. The summed E-state index contributed by atoms with van der Waals surface area (Å²) in [5, 5.41) is 5.74. The van der Waals surface area contributed by atoms with E-state index in [1.54, 1.807) is 7.05 Å². The summed E-state index contributed by atoms with van der Waals surface area (Å²) in [6, 6.07) is 7.39. The molecule has 8 heteroatoms. The average Bonchev–Trinajstić information content (AvgIpc) is 2.60. The number of carbonyl (C=O) groups is 1. The number of nitrogens with one attached hydrogen (secondary N) is 3. The Balaban J connectivity index is 3.02. The van der Waals surface area contributed by atoms with Gasteiger partial charge in [-0.25, -0.2) is 4.21 Å². The monoisotopic (exact) mass is 399 g/mol. The lowest BCUT2D eigenvalue weighted by Crippen LogP contribution is -2.55. The van der Waals surface area contributed by atoms with Gasteiger partial charge in [0.05, 0.1) is 6.42 Å². The number of unbranched alkanes of at least 4 members (excludes halogenated alkanes) is 3. The Morgan fingerprint density at radius 3 is 2.42 bits per heavy atom. The molecule has 146 valence electrons. The number of thiocarbonyl (C=S) groups is 1. The van der Waals surface area contributed by atoms with Gasteiger partial charge in [0.15, 0.2) is 0 Å². The number of likely N-dealkylation sites (N-methyl/N-ethyl adjacent to an activating group) is 1. The van der Waals surface area contributed by atoms with E-state index in [4.69, 9.17) is 12.2 Å². The molecule has 0 aromatic heterocycles. The molecule has 0 aliphatic heterocycles. The molecule has 0 spiro atoms. The van der Waals surface area contributed by atoms with Crippen LogP contribution in [0.15, 0.2) is 24.3 Å². The minimum absolute atomic E-state index is 0.0736. The van der Waals surface area contributed by atoms with E-state index in [0.717, 1.165) is 31.2 Å². The fourth-order valence-corrected chi connectivity index (χ4v) is 3.63. The Morgan fingerprint density at radius 1 is 1.23 bits per heavy atom. The van der Waals surface area contributed by atoms with Gasteiger partial charge in [0.2, 0.25) is 17.2 Å². The van der Waals surface area contributed by atoms with Gasteiger partial charge in [-0.05, 0) is 18.9 Å². The van der Waals surface area contributed by atoms with E-state index in [0.29, 0.717) is 12.1 Å². The molecule has 0 saturated carbocycles. The number of aryl methyl sites for hydroxylation is 1. The second-order valence-electron chi connectivity index (χ2n) is 6.29. The number of hydrogen-bond acceptors (Lipinski definition) is 3. The molecule has 1 amide bonds. The van der Waals surface area contributed by atoms with E-state index < -0.39 is 16.8 Å². The lowest BCUT2D eigenvalue weighted by atomic mass is 9.86. The maximum Gasteiger partial charge on any atom is 0.232 e. The van der Waals surface area contributed by atoms with Gasteiger partial charge in [-0.15, -0.1) is 0 Å². The normalized spacial score (nSPS) is 14.3. The molecular weight excluding hydrogens is 370 g/mol. The summed E-state index contributed by atoms with van der Waals surface area (Å²) in [4.78, 5) is 12.8. The van der Waals surface area contributed by atoms with E-state index in [1.165, 1.54) is 0 Å². The number of benzene rings is 1. The maximum absolute atomic E-state index is 12.5. The highest BCUT2D eigenvalue weighted by Crippen LogP contribution is 2.27. The van der Waals surface area contributed by atoms with Crippen LogP contribution in [-0.4, -0.2) is 33.2 Å². The summed E-state index contributed by atoms with van der Waals surface area (Å²) in [5.74, 6) is -0.224. The van der Waals surface area contributed by atoms with Gasteiger partial charge in [-0.2, -0.15) is 4.72 Å². The van der Waals surface area contributed by atoms with Crippen molar-refractivity contribution in [2.24, 2.45) is 0 Å². The van der Waals surface area contributed by atoms with Gasteiger partial charge in [-0.1, -0.05) is 68.2 Å². The van der Waals surface area contributed by atoms with Crippen LogP contribution in [0.25, 0.3) is 0 Å². The van der Waals surface area contributed by atoms with Crippen molar-refractivity contribution in [2.75, 3.05) is 13.6 Å². The summed E-state index contributed by atoms with van der Waals surface area (Å²) in [6.07, 6.45) is 4.17. The van der Waals surface area contributed by atoms with Crippen LogP contribution in [0.5, 0.6) is 0 Å². The van der Waals surface area contributed by atoms with E-state index in [9.17, 15) is 13.6 Å². The first-order valence-corrected chi connectivity index (χ1v) is 10.3. The third-order valence-electron chi connectivity index (χ3n) is 4.20. The van der Waals surface area contributed by atoms with Crippen molar-refractivity contribution in [1.82, 2.24) is 15.4 Å². The van der Waals surface area contributed by atoms with Crippen molar-refractivity contribution in [3.8, 4) is 0 Å². The Bertz CT molecular complexity index is 623. The highest BCUT2D eigenvalue weighted by atomic mass is 32.2. The molecule has 4 N–H and O–H groups in total. The van der Waals surface area contributed by atoms with Crippen molar-refractivity contribution in [2.45, 2.75) is 51.5 Å². The SMILES string of the molecule is CCCCCCNC(=O)CC(NS(=O)O)(C(=S)NC)c1ccc(C)cc1. The highest BCUT2D eigenvalue weighted by Gasteiger charge is 2.40. The van der Waals surface area contributed by atoms with Gasteiger partial charge in [-0.3, -0.25) is 9.35 Å². The zero-order valence-corrected chi connectivity index (χ0v) is 17.3. The van der Waals surface area contributed by atoms with E-state index >= 15 is 0 Å². The predicted molar refractivity (Wildman–Crippen MR) is 110 cm³/mol. The third kappa shape index (κ3) is 6.75. The van der Waals surface area contributed by atoms with Crippen LogP contribution in [-0.2, 0) is 21.6 Å². The van der Waals surface area contributed by atoms with Crippen LogP contribution in [0.4, 0.5) is 0 Å². The smallest absolute Gasteiger partial charge is 0.232 e. The Kier molecular flexibility index (Phi) is 9.93. The Labute approximate surface area is 163 Å². The molecule has 0 fully saturated rings. The van der Waals surface area contributed by atoms with Crippen LogP contribution in [0.1, 0.15) is 50.2 Å². The van der Waals surface area contributed by atoms with Crippen LogP contribution < -0.4 is 15.4 Å². The molecule has 1 aromatic carbocycles. The van der Waals surface area contributed by atoms with E-state index in [-0.39, 0.29) is 17.3 Å². The first-order valence-electron chi connectivity index (χ1n) is 8.80. The fourth-order valence-electron chi connectivity index (χ4n) is 2.74. The average molecular weight is 400 g/mol. The molecule has 6 nitrogen and oxygen atoms in total. The van der Waals surface area contributed by atoms with Gasteiger partial charge in [0, 0.05) is 13.6 Å². The molecule has 1 rings (SSSR count). The lowest BCUT2D eigenvalue weighted by Gasteiger charge is -2.34. The van der Waals surface area contributed by atoms with Crippen LogP contribution >= 0.6 is 12.2 Å². The number of rotatable bonds is 11. The first-order chi connectivity index (χ1) is 12.4. The predicted octanol–water partition coefficient (Wildman–Crippen LogP) is 2.55. The molecular formula is C18H29N3O3S2. The summed E-state index contributed by atoms with van der Waals surface area (Å²) < 4.78 is 23.6. The van der Waals surface area contributed by atoms with Crippen molar-refractivity contribution >= 4 is 34.4 Å². The zero-order valence-electron chi connectivity index (χ0n) is 15.6. The van der Waals surface area contributed by atoms with Crippen molar-refractivity contribution in [3.63, 3.8) is 0 Å². The molecule has 0 heterocycles. The summed E-state index contributed by atoms with van der Waals surface area (Å²) in [6.45, 7) is 4.66. The number of hydrogen-bond donors (Lipinski definition) is 4. The van der Waals surface area contributed by atoms with E-state index in [2.05, 4.69) is 22.3 Å². The van der Waals surface area contributed by atoms with Crippen LogP contribution in [0.3, 0.4) is 0 Å². The number of amides is 1. The standard InChI is InChI=1S/C18H29N3O3S2/c1-4-5-6-7-12-20-16(22)13-18(17(25)19-3,21-26(23)24)15-10-8-14(2)9-11-15/h8-11,21H,4-7,12-13H2,1-3H3,(H,19,25)(H,20,22)(H,23,24). The largest absolute Gasteiger partial charge is 0.381 e. The molecule has 0 bridgehead atoms. The molecule has 2 atom stereocenters. The molecule has 2 unspecified atom stereocenters. The van der Waals surface area contributed by atoms with Crippen molar-refractivity contribution in [1.29, 1.82) is 0 Å². The third-order valence-corrected chi connectivity index (χ3v) is 5.27. The van der Waals surface area contributed by atoms with Gasteiger partial charge in [0.1, 0.15) is 10.5 Å². The summed E-state index contributed by atoms with van der Waals surface area (Å²) in [5.41, 5.74) is 0.444. The lowest BCUT2D eigenvalue weighted by molar-refractivity contribution is -0.121. The van der Waals surface area contributed by atoms with Gasteiger partial charge in [0.25, 0.3) is 0 Å². The van der Waals surface area contributed by atoms with E-state index in [1.807, 2.05) is 31.2 Å². The molecule has 26 heavy (non-hydrogen) atoms.